The van der Waals surface area contributed by atoms with Crippen molar-refractivity contribution in [1.82, 2.24) is 0 Å². The summed E-state index contributed by atoms with van der Waals surface area (Å²) in [5.41, 5.74) is 2.26. The van der Waals surface area contributed by atoms with Crippen molar-refractivity contribution in [2.24, 2.45) is 40.9 Å². The first-order valence-corrected chi connectivity index (χ1v) is 21.9. The number of anilines is 1. The number of fused-ring (bicyclic) bond motifs is 2. The number of ether oxygens (including phenoxy) is 2. The Morgan fingerprint density at radius 2 is 1.08 bits per heavy atom. The van der Waals surface area contributed by atoms with Gasteiger partial charge in [0, 0.05) is 56.9 Å². The Kier molecular flexibility index (Phi) is 22.0. The van der Waals surface area contributed by atoms with Crippen LogP contribution in [0.3, 0.4) is 0 Å². The van der Waals surface area contributed by atoms with Gasteiger partial charge in [-0.3, -0.25) is 10.1 Å². The maximum absolute atomic E-state index is 12.7. The average Bonchev–Trinajstić information content (AvgIpc) is 3.31. The number of carboxylic acid groups (broad SMARTS) is 2. The van der Waals surface area contributed by atoms with Crippen molar-refractivity contribution in [3.05, 3.63) is 118 Å². The van der Waals surface area contributed by atoms with E-state index in [1.165, 1.54) is 62.8 Å². The van der Waals surface area contributed by atoms with Crippen LogP contribution in [0, 0.1) is 10.1 Å². The number of aromatic hydroxyl groups is 2. The summed E-state index contributed by atoms with van der Waals surface area (Å²) in [6.45, 7) is 0. The number of benzene rings is 7. The van der Waals surface area contributed by atoms with Crippen LogP contribution in [-0.2, 0) is 20.2 Å². The molecule has 0 aliphatic rings. The fraction of sp³-hybridized carbons (Fsp3) is 0.0476. The summed E-state index contributed by atoms with van der Waals surface area (Å²) in [4.78, 5) is 31.7. The molecule has 0 saturated heterocycles. The zero-order valence-electron chi connectivity index (χ0n) is 39.3. The zero-order valence-corrected chi connectivity index (χ0v) is 48.9. The number of phenolic OH excluding ortho intramolecular Hbond substituents is 1. The van der Waals surface area contributed by atoms with Gasteiger partial charge in [0.15, 0.2) is 5.75 Å². The first kappa shape index (κ1) is 62.9. The summed E-state index contributed by atoms with van der Waals surface area (Å²) >= 11 is 0. The van der Waals surface area contributed by atoms with Crippen molar-refractivity contribution in [1.29, 1.82) is 0 Å². The number of nitrogen functional groups attached to an aromatic ring is 1. The van der Waals surface area contributed by atoms with E-state index >= 15 is 0 Å². The summed E-state index contributed by atoms with van der Waals surface area (Å²) in [6.07, 6.45) is 0. The van der Waals surface area contributed by atoms with Gasteiger partial charge in [-0.2, -0.15) is 5.11 Å². The molecule has 0 aliphatic carbocycles. The van der Waals surface area contributed by atoms with Crippen molar-refractivity contribution in [3.63, 3.8) is 0 Å². The van der Waals surface area contributed by atoms with E-state index in [2.05, 4.69) is 40.9 Å². The quantitative estimate of drug-likeness (QED) is 0.0216. The predicted molar refractivity (Wildman–Crippen MR) is 236 cm³/mol. The van der Waals surface area contributed by atoms with Crippen LogP contribution in [0.4, 0.5) is 56.9 Å². The Bertz CT molecular complexity index is 3760. The van der Waals surface area contributed by atoms with Crippen LogP contribution in [0.15, 0.2) is 148 Å². The van der Waals surface area contributed by atoms with Crippen LogP contribution >= 0.6 is 0 Å². The van der Waals surface area contributed by atoms with Crippen LogP contribution in [0.25, 0.3) is 21.5 Å². The smallest absolute Gasteiger partial charge is 0.744 e. The predicted octanol–water partition coefficient (Wildman–Crippen LogP) is -4.88. The normalized spacial score (nSPS) is 11.6. The summed E-state index contributed by atoms with van der Waals surface area (Å²) in [5, 5.41) is 87.5. The van der Waals surface area contributed by atoms with Crippen molar-refractivity contribution in [2.75, 3.05) is 20.0 Å². The Labute approximate surface area is 505 Å². The van der Waals surface area contributed by atoms with Crippen LogP contribution in [0.2, 0.25) is 0 Å². The number of hydrogen-bond donors (Lipinski definition) is 3. The van der Waals surface area contributed by atoms with Gasteiger partial charge < -0.3 is 54.3 Å². The van der Waals surface area contributed by atoms with E-state index in [-0.39, 0.29) is 191 Å². The molecular formula is C42H26N10Na4O16S2. The Morgan fingerprint density at radius 3 is 1.65 bits per heavy atom. The van der Waals surface area contributed by atoms with Gasteiger partial charge in [-0.1, -0.05) is 6.07 Å². The van der Waals surface area contributed by atoms with Gasteiger partial charge in [-0.25, -0.2) is 16.8 Å². The largest absolute Gasteiger partial charge is 1.00 e. The molecule has 4 N–H and O–H groups in total. The number of carbonyl (C=O) groups is 2. The molecule has 7 aromatic rings. The molecule has 0 aromatic heterocycles. The van der Waals surface area contributed by atoms with Crippen molar-refractivity contribution >= 4 is 111 Å². The van der Waals surface area contributed by atoms with Gasteiger partial charge in [0.05, 0.1) is 69.3 Å². The molecule has 0 spiro atoms. The van der Waals surface area contributed by atoms with Gasteiger partial charge in [0.25, 0.3) is 5.69 Å². The third-order valence-corrected chi connectivity index (χ3v) is 11.6. The second kappa shape index (κ2) is 25.9. The third kappa shape index (κ3) is 13.9. The average molecular weight is 1080 g/mol. The number of aromatic carboxylic acids is 2. The SMILES string of the molecule is COc1cc(N=Nc2ccc(N=Nc3ccc(O)c(C(=O)[O-])c3)c3ccc(S(=O)(=O)[O-])cc23)c(OC)cc1N=Nc1c(S(=O)(=O)[O-])cc2c(N=Nc3ccc([N+](=O)[O-])cc3C(=O)[O-])c(N)ccc2c1O.[Na+].[Na+].[Na+].[Na+]. The van der Waals surface area contributed by atoms with E-state index in [0.717, 1.165) is 42.5 Å². The monoisotopic (exact) mass is 1080 g/mol. The van der Waals surface area contributed by atoms with Gasteiger partial charge in [0.1, 0.15) is 60.2 Å². The van der Waals surface area contributed by atoms with E-state index in [1.54, 1.807) is 0 Å². The number of carbonyl (C=O) groups excluding carboxylic acids is 2. The minimum atomic E-state index is -5.50. The maximum Gasteiger partial charge on any atom is 1.00 e. The number of non-ortho nitro benzene ring substituents is 1. The number of nitrogens with two attached hydrogens (primary N) is 1. The molecule has 0 radical (unpaired) electrons. The number of nitrogens with zero attached hydrogens (tertiary/aromatic N) is 9. The number of phenols is 2. The third-order valence-electron chi connectivity index (χ3n) is 9.88. The van der Waals surface area contributed by atoms with Crippen LogP contribution in [-0.4, -0.2) is 67.2 Å². The first-order chi connectivity index (χ1) is 33.1. The summed E-state index contributed by atoms with van der Waals surface area (Å²) < 4.78 is 85.0. The summed E-state index contributed by atoms with van der Waals surface area (Å²) in [6, 6.07) is 17.6. The molecule has 0 amide bonds. The molecule has 0 aliphatic heterocycles. The van der Waals surface area contributed by atoms with E-state index < -0.39 is 86.6 Å². The van der Waals surface area contributed by atoms with Gasteiger partial charge in [0.2, 0.25) is 0 Å². The minimum Gasteiger partial charge on any atom is -0.744 e. The number of carboxylic acids is 2. The fourth-order valence-corrected chi connectivity index (χ4v) is 7.67. The van der Waals surface area contributed by atoms with Crippen molar-refractivity contribution in [2.45, 2.75) is 9.79 Å². The number of azo groups is 4. The molecule has 0 bridgehead atoms. The Balaban J connectivity index is 0.00000361. The Hall–Kier alpha value is -5.38. The molecule has 356 valence electrons. The van der Waals surface area contributed by atoms with Gasteiger partial charge in [-0.05, 0) is 66.7 Å². The fourth-order valence-electron chi connectivity index (χ4n) is 6.53. The molecule has 0 unspecified atom stereocenters. The van der Waals surface area contributed by atoms with E-state index in [9.17, 15) is 66.1 Å². The second-order valence-corrected chi connectivity index (χ2v) is 16.8. The van der Waals surface area contributed by atoms with Crippen molar-refractivity contribution in [3.8, 4) is 23.0 Å². The number of nitro groups is 1. The maximum atomic E-state index is 12.7. The summed E-state index contributed by atoms with van der Waals surface area (Å²) in [7, 11) is -8.06. The molecule has 0 atom stereocenters. The number of methoxy groups -OCH3 is 2. The minimum absolute atomic E-state index is 0. The molecular weight excluding hydrogens is 1060 g/mol. The van der Waals surface area contributed by atoms with Gasteiger partial charge in [-0.15, -0.1) is 35.8 Å². The zero-order chi connectivity index (χ0) is 50.8. The van der Waals surface area contributed by atoms with Crippen LogP contribution in [0.5, 0.6) is 23.0 Å². The standard InChI is InChI=1S/C42H30N10O16S2.4Na/c1-67-35-18-33(49-51-39-37(70(64,65)66)16-25-23(40(39)54)7-8-28(43)38(25)50-47-31-9-4-20(52(59)60)14-26(31)41(55)56)36(68-2)17-32(35)48-46-30-11-10-29(22-6-5-21(15-24(22)30)69(61,62)63)45-44-19-3-12-34(53)27(13-19)42(57)58;;;;/h3-18,53-54H,43H2,1-2H3,(H,55,56)(H,57,58)(H,61,62,63)(H,64,65,66);;;;/q;4*+1/p-4. The molecule has 0 fully saturated rings. The molecule has 7 aromatic carbocycles. The molecule has 32 heteroatoms. The molecule has 7 rings (SSSR count). The number of nitro benzene ring substituents is 1. The second-order valence-electron chi connectivity index (χ2n) is 14.1. The van der Waals surface area contributed by atoms with E-state index in [4.69, 9.17) is 15.2 Å². The first-order valence-electron chi connectivity index (χ1n) is 19.1. The van der Waals surface area contributed by atoms with E-state index in [0.29, 0.717) is 6.07 Å². The molecule has 74 heavy (non-hydrogen) atoms. The van der Waals surface area contributed by atoms with E-state index in [1.807, 2.05) is 0 Å². The topological polar surface area (TPSA) is 422 Å². The van der Waals surface area contributed by atoms with Crippen molar-refractivity contribution < 1.29 is 189 Å². The molecule has 26 nitrogen and oxygen atoms in total. The van der Waals surface area contributed by atoms with Crippen LogP contribution < -0.4 is 144 Å². The number of hydrogen-bond acceptors (Lipinski definition) is 25. The van der Waals surface area contributed by atoms with Gasteiger partial charge >= 0.3 is 118 Å². The summed E-state index contributed by atoms with van der Waals surface area (Å²) in [5.74, 6) is -5.17. The Morgan fingerprint density at radius 1 is 0.554 bits per heavy atom. The molecule has 0 heterocycles. The van der Waals surface area contributed by atoms with Crippen LogP contribution in [0.1, 0.15) is 20.7 Å². The number of rotatable bonds is 15. The molecule has 0 saturated carbocycles.